The Hall–Kier alpha value is -2.47. The second-order valence-corrected chi connectivity index (χ2v) is 4.49. The highest BCUT2D eigenvalue weighted by molar-refractivity contribution is 6.34. The summed E-state index contributed by atoms with van der Waals surface area (Å²) in [5, 5.41) is 11.1. The molecule has 1 aromatic carbocycles. The van der Waals surface area contributed by atoms with Crippen LogP contribution in [0.15, 0.2) is 36.7 Å². The quantitative estimate of drug-likeness (QED) is 0.721. The molecule has 0 spiro atoms. The van der Waals surface area contributed by atoms with Crippen molar-refractivity contribution in [3.05, 3.63) is 53.3 Å². The molecule has 1 amide bonds. The number of hydrogen-bond donors (Lipinski definition) is 2. The Kier molecular flexibility index (Phi) is 3.30. The van der Waals surface area contributed by atoms with Crippen LogP contribution < -0.4 is 5.32 Å². The third kappa shape index (κ3) is 2.46. The first kappa shape index (κ1) is 12.6. The lowest BCUT2D eigenvalue weighted by molar-refractivity contribution is 0.0945. The summed E-state index contributed by atoms with van der Waals surface area (Å²) in [6.45, 7) is 0.255. The molecule has 100 valence electrons. The Morgan fingerprint density at radius 3 is 3.00 bits per heavy atom. The standard InChI is InChI=1S/C13H10ClN5O/c14-12-9-4-2-1-3-8(9)5-10(18-12)13(20)15-6-11-16-7-17-19-11/h1-5,7H,6H2,(H,15,20)(H,16,17,19). The van der Waals surface area contributed by atoms with Crippen LogP contribution >= 0.6 is 11.6 Å². The zero-order valence-corrected chi connectivity index (χ0v) is 11.1. The summed E-state index contributed by atoms with van der Waals surface area (Å²) >= 11 is 6.09. The van der Waals surface area contributed by atoms with E-state index in [9.17, 15) is 4.79 Å². The first-order chi connectivity index (χ1) is 9.74. The van der Waals surface area contributed by atoms with Gasteiger partial charge < -0.3 is 5.32 Å². The minimum Gasteiger partial charge on any atom is -0.343 e. The van der Waals surface area contributed by atoms with Gasteiger partial charge in [0.2, 0.25) is 0 Å². The Bertz CT molecular complexity index is 757. The number of amides is 1. The number of nitrogens with one attached hydrogen (secondary N) is 2. The maximum atomic E-state index is 12.0. The van der Waals surface area contributed by atoms with Crippen molar-refractivity contribution >= 4 is 28.3 Å². The molecule has 0 saturated heterocycles. The lowest BCUT2D eigenvalue weighted by Crippen LogP contribution is -2.24. The Balaban J connectivity index is 1.84. The molecule has 0 aliphatic rings. The molecule has 0 radical (unpaired) electrons. The molecule has 3 aromatic rings. The van der Waals surface area contributed by atoms with Gasteiger partial charge in [-0.05, 0) is 11.5 Å². The van der Waals surface area contributed by atoms with Crippen LogP contribution in [0.5, 0.6) is 0 Å². The van der Waals surface area contributed by atoms with Crippen LogP contribution in [0.2, 0.25) is 5.15 Å². The number of halogens is 1. The molecule has 2 N–H and O–H groups in total. The SMILES string of the molecule is O=C(NCc1ncn[nH]1)c1cc2ccccc2c(Cl)n1. The lowest BCUT2D eigenvalue weighted by Gasteiger charge is -2.05. The average Bonchev–Trinajstić information content (AvgIpc) is 2.98. The Labute approximate surface area is 119 Å². The van der Waals surface area contributed by atoms with Gasteiger partial charge in [-0.1, -0.05) is 35.9 Å². The van der Waals surface area contributed by atoms with Gasteiger partial charge >= 0.3 is 0 Å². The summed E-state index contributed by atoms with van der Waals surface area (Å²) in [5.41, 5.74) is 0.271. The summed E-state index contributed by atoms with van der Waals surface area (Å²) in [6.07, 6.45) is 1.38. The van der Waals surface area contributed by atoms with Crippen LogP contribution in [-0.2, 0) is 6.54 Å². The van der Waals surface area contributed by atoms with Crippen molar-refractivity contribution in [1.29, 1.82) is 0 Å². The number of rotatable bonds is 3. The second-order valence-electron chi connectivity index (χ2n) is 4.13. The van der Waals surface area contributed by atoms with Crippen molar-refractivity contribution in [2.45, 2.75) is 6.54 Å². The minimum absolute atomic E-state index is 0.255. The van der Waals surface area contributed by atoms with E-state index in [2.05, 4.69) is 25.5 Å². The molecule has 0 unspecified atom stereocenters. The maximum absolute atomic E-state index is 12.0. The third-order valence-corrected chi connectivity index (χ3v) is 3.10. The van der Waals surface area contributed by atoms with E-state index in [1.807, 2.05) is 24.3 Å². The third-order valence-electron chi connectivity index (χ3n) is 2.81. The Morgan fingerprint density at radius 1 is 1.35 bits per heavy atom. The number of fused-ring (bicyclic) bond motifs is 1. The number of carbonyl (C=O) groups excluding carboxylic acids is 1. The topological polar surface area (TPSA) is 83.6 Å². The van der Waals surface area contributed by atoms with E-state index in [0.29, 0.717) is 11.0 Å². The zero-order chi connectivity index (χ0) is 13.9. The highest BCUT2D eigenvalue weighted by Crippen LogP contribution is 2.22. The molecule has 0 bridgehead atoms. The number of aromatic nitrogens is 4. The predicted molar refractivity (Wildman–Crippen MR) is 74.3 cm³/mol. The Morgan fingerprint density at radius 2 is 2.20 bits per heavy atom. The van der Waals surface area contributed by atoms with E-state index in [-0.39, 0.29) is 18.1 Å². The van der Waals surface area contributed by atoms with Gasteiger partial charge in [0, 0.05) is 5.39 Å². The fraction of sp³-hybridized carbons (Fsp3) is 0.0769. The molecule has 0 aliphatic carbocycles. The first-order valence-electron chi connectivity index (χ1n) is 5.92. The normalized spacial score (nSPS) is 10.7. The van der Waals surface area contributed by atoms with E-state index >= 15 is 0 Å². The number of H-pyrrole nitrogens is 1. The fourth-order valence-corrected chi connectivity index (χ4v) is 2.11. The van der Waals surface area contributed by atoms with Gasteiger partial charge in [0.1, 0.15) is 23.0 Å². The number of pyridine rings is 1. The van der Waals surface area contributed by atoms with E-state index in [0.717, 1.165) is 10.8 Å². The molecule has 0 saturated carbocycles. The maximum Gasteiger partial charge on any atom is 0.270 e. The summed E-state index contributed by atoms with van der Waals surface area (Å²) in [5.74, 6) is 0.263. The molecule has 2 aromatic heterocycles. The van der Waals surface area contributed by atoms with Crippen molar-refractivity contribution in [2.75, 3.05) is 0 Å². The molecular weight excluding hydrogens is 278 g/mol. The summed E-state index contributed by atoms with van der Waals surface area (Å²) in [4.78, 5) is 20.1. The molecule has 0 fully saturated rings. The van der Waals surface area contributed by atoms with Crippen LogP contribution in [0.25, 0.3) is 10.8 Å². The van der Waals surface area contributed by atoms with Crippen molar-refractivity contribution in [1.82, 2.24) is 25.5 Å². The second kappa shape index (κ2) is 5.26. The molecule has 3 rings (SSSR count). The first-order valence-corrected chi connectivity index (χ1v) is 6.29. The number of aromatic amines is 1. The predicted octanol–water partition coefficient (Wildman–Crippen LogP) is 1.94. The van der Waals surface area contributed by atoms with Crippen LogP contribution in [-0.4, -0.2) is 26.1 Å². The molecule has 20 heavy (non-hydrogen) atoms. The smallest absolute Gasteiger partial charge is 0.270 e. The summed E-state index contributed by atoms with van der Waals surface area (Å²) in [7, 11) is 0. The van der Waals surface area contributed by atoms with Gasteiger partial charge in [-0.25, -0.2) is 9.97 Å². The molecule has 0 aliphatic heterocycles. The zero-order valence-electron chi connectivity index (χ0n) is 10.3. The van der Waals surface area contributed by atoms with Gasteiger partial charge in [-0.3, -0.25) is 9.89 Å². The van der Waals surface area contributed by atoms with Crippen LogP contribution in [0.3, 0.4) is 0 Å². The summed E-state index contributed by atoms with van der Waals surface area (Å²) in [6, 6.07) is 9.21. The largest absolute Gasteiger partial charge is 0.343 e. The van der Waals surface area contributed by atoms with E-state index in [4.69, 9.17) is 11.6 Å². The van der Waals surface area contributed by atoms with Gasteiger partial charge in [-0.2, -0.15) is 5.10 Å². The van der Waals surface area contributed by atoms with Crippen LogP contribution in [0.4, 0.5) is 0 Å². The molecule has 0 atom stereocenters. The van der Waals surface area contributed by atoms with Crippen molar-refractivity contribution in [3.8, 4) is 0 Å². The van der Waals surface area contributed by atoms with Gasteiger partial charge in [0.25, 0.3) is 5.91 Å². The van der Waals surface area contributed by atoms with Gasteiger partial charge in [0.15, 0.2) is 0 Å². The number of hydrogen-bond acceptors (Lipinski definition) is 4. The van der Waals surface area contributed by atoms with E-state index < -0.39 is 0 Å². The molecule has 2 heterocycles. The average molecular weight is 288 g/mol. The fourth-order valence-electron chi connectivity index (χ4n) is 1.84. The van der Waals surface area contributed by atoms with Crippen molar-refractivity contribution in [3.63, 3.8) is 0 Å². The van der Waals surface area contributed by atoms with Gasteiger partial charge in [0.05, 0.1) is 6.54 Å². The highest BCUT2D eigenvalue weighted by atomic mass is 35.5. The van der Waals surface area contributed by atoms with Crippen molar-refractivity contribution < 1.29 is 4.79 Å². The lowest BCUT2D eigenvalue weighted by atomic mass is 10.1. The number of nitrogens with zero attached hydrogens (tertiary/aromatic N) is 3. The molecular formula is C13H10ClN5O. The molecule has 7 heteroatoms. The number of benzene rings is 1. The molecule has 6 nitrogen and oxygen atoms in total. The van der Waals surface area contributed by atoms with Crippen LogP contribution in [0.1, 0.15) is 16.3 Å². The number of carbonyl (C=O) groups is 1. The minimum atomic E-state index is -0.311. The monoisotopic (exact) mass is 287 g/mol. The van der Waals surface area contributed by atoms with Crippen LogP contribution in [0, 0.1) is 0 Å². The van der Waals surface area contributed by atoms with E-state index in [1.54, 1.807) is 6.07 Å². The van der Waals surface area contributed by atoms with Gasteiger partial charge in [-0.15, -0.1) is 0 Å². The van der Waals surface area contributed by atoms with Crippen molar-refractivity contribution in [2.24, 2.45) is 0 Å². The summed E-state index contributed by atoms with van der Waals surface area (Å²) < 4.78 is 0. The van der Waals surface area contributed by atoms with E-state index in [1.165, 1.54) is 6.33 Å². The highest BCUT2D eigenvalue weighted by Gasteiger charge is 2.11.